The number of hydrogen-bond donors (Lipinski definition) is 7. The summed E-state index contributed by atoms with van der Waals surface area (Å²) >= 11 is 0. The third-order valence-electron chi connectivity index (χ3n) is 6.87. The van der Waals surface area contributed by atoms with E-state index in [2.05, 4.69) is 6.92 Å². The van der Waals surface area contributed by atoms with Gasteiger partial charge in [0.05, 0.1) is 19.3 Å². The van der Waals surface area contributed by atoms with Gasteiger partial charge in [0.1, 0.15) is 48.8 Å². The van der Waals surface area contributed by atoms with E-state index >= 15 is 0 Å². The second-order valence-electron chi connectivity index (χ2n) is 9.58. The first kappa shape index (κ1) is 30.8. The van der Waals surface area contributed by atoms with Crippen molar-refractivity contribution < 1.29 is 54.7 Å². The maximum absolute atomic E-state index is 10.7. The molecule has 0 spiro atoms. The van der Waals surface area contributed by atoms with Crippen LogP contribution in [0.2, 0.25) is 0 Å². The molecule has 35 heavy (non-hydrogen) atoms. The molecule has 0 radical (unpaired) electrons. The molecule has 2 aliphatic rings. The monoisotopic (exact) mass is 510 g/mol. The van der Waals surface area contributed by atoms with E-state index in [1.54, 1.807) is 0 Å². The van der Waals surface area contributed by atoms with Crippen LogP contribution in [0, 0.1) is 0 Å². The van der Waals surface area contributed by atoms with Crippen molar-refractivity contribution in [2.24, 2.45) is 0 Å². The van der Waals surface area contributed by atoms with Gasteiger partial charge >= 0.3 is 0 Å². The Morgan fingerprint density at radius 2 is 1.23 bits per heavy atom. The van der Waals surface area contributed by atoms with Crippen molar-refractivity contribution >= 4 is 0 Å². The van der Waals surface area contributed by atoms with E-state index in [0.717, 1.165) is 19.3 Å². The molecule has 0 aromatic carbocycles. The van der Waals surface area contributed by atoms with Crippen LogP contribution in [0.15, 0.2) is 0 Å². The number of aliphatic hydroxyl groups is 7. The molecule has 2 fully saturated rings. The van der Waals surface area contributed by atoms with E-state index in [-0.39, 0.29) is 6.10 Å². The molecule has 0 aromatic rings. The predicted molar refractivity (Wildman–Crippen MR) is 124 cm³/mol. The Balaban J connectivity index is 1.91. The molecule has 11 heteroatoms. The van der Waals surface area contributed by atoms with Crippen LogP contribution in [-0.4, -0.2) is 116 Å². The largest absolute Gasteiger partial charge is 0.394 e. The highest BCUT2D eigenvalue weighted by Crippen LogP contribution is 2.30. The zero-order valence-electron chi connectivity index (χ0n) is 20.9. The fourth-order valence-corrected chi connectivity index (χ4v) is 4.55. The van der Waals surface area contributed by atoms with E-state index < -0.39 is 74.6 Å². The van der Waals surface area contributed by atoms with E-state index in [1.165, 1.54) is 32.1 Å². The Kier molecular flexibility index (Phi) is 13.8. The lowest BCUT2D eigenvalue weighted by atomic mass is 9.97. The van der Waals surface area contributed by atoms with Gasteiger partial charge in [-0.1, -0.05) is 58.8 Å². The summed E-state index contributed by atoms with van der Waals surface area (Å²) in [6.45, 7) is 2.92. The second-order valence-corrected chi connectivity index (χ2v) is 9.58. The first-order valence-electron chi connectivity index (χ1n) is 13.0. The lowest BCUT2D eigenvalue weighted by Crippen LogP contribution is -2.64. The molecule has 2 saturated heterocycles. The maximum atomic E-state index is 10.7. The van der Waals surface area contributed by atoms with Crippen LogP contribution in [0.25, 0.3) is 0 Å². The van der Waals surface area contributed by atoms with Crippen LogP contribution in [0.1, 0.15) is 71.6 Å². The van der Waals surface area contributed by atoms with Crippen LogP contribution >= 0.6 is 0 Å². The summed E-state index contributed by atoms with van der Waals surface area (Å²) in [5.41, 5.74) is 0. The molecular formula is C24H46O11. The molecule has 208 valence electrons. The molecule has 2 heterocycles. The highest BCUT2D eigenvalue weighted by molar-refractivity contribution is 4.94. The molecule has 0 amide bonds. The highest BCUT2D eigenvalue weighted by atomic mass is 16.7. The Bertz CT molecular complexity index is 564. The highest BCUT2D eigenvalue weighted by Gasteiger charge is 2.50. The number of unbranched alkanes of at least 4 members (excludes halogenated alkanes) is 6. The van der Waals surface area contributed by atoms with E-state index in [4.69, 9.17) is 18.9 Å². The standard InChI is InChI=1S/C24H46O11/c1-3-5-6-7-8-9-10-11-14(4-2)32-23-21(31)19(29)22(16(13-26)34-23)35-24-20(30)18(28)17(27)15(12-25)33-24/h14-31H,3-13H2,1-2H3/t14?,15?,16?,17-,18?,19?,20?,21?,22-,23-,24-/m1/s1. The van der Waals surface area contributed by atoms with Gasteiger partial charge in [-0.25, -0.2) is 0 Å². The summed E-state index contributed by atoms with van der Waals surface area (Å²) in [7, 11) is 0. The van der Waals surface area contributed by atoms with Crippen molar-refractivity contribution in [2.75, 3.05) is 13.2 Å². The Morgan fingerprint density at radius 1 is 0.657 bits per heavy atom. The number of hydrogen-bond acceptors (Lipinski definition) is 11. The first-order chi connectivity index (χ1) is 16.8. The van der Waals surface area contributed by atoms with Gasteiger partial charge in [0.25, 0.3) is 0 Å². The summed E-state index contributed by atoms with van der Waals surface area (Å²) in [5.74, 6) is 0. The first-order valence-corrected chi connectivity index (χ1v) is 13.0. The summed E-state index contributed by atoms with van der Waals surface area (Å²) in [4.78, 5) is 0. The van der Waals surface area contributed by atoms with Gasteiger partial charge in [-0.3, -0.25) is 0 Å². The van der Waals surface area contributed by atoms with Crippen molar-refractivity contribution in [3.8, 4) is 0 Å². The molecule has 0 aromatic heterocycles. The lowest BCUT2D eigenvalue weighted by Gasteiger charge is -2.46. The summed E-state index contributed by atoms with van der Waals surface area (Å²) in [6, 6.07) is 0. The van der Waals surface area contributed by atoms with Crippen LogP contribution in [0.4, 0.5) is 0 Å². The van der Waals surface area contributed by atoms with Crippen LogP contribution < -0.4 is 0 Å². The van der Waals surface area contributed by atoms with Gasteiger partial charge in [0, 0.05) is 0 Å². The zero-order valence-corrected chi connectivity index (χ0v) is 20.9. The summed E-state index contributed by atoms with van der Waals surface area (Å²) < 4.78 is 22.5. The minimum Gasteiger partial charge on any atom is -0.394 e. The van der Waals surface area contributed by atoms with Gasteiger partial charge in [-0.2, -0.15) is 0 Å². The van der Waals surface area contributed by atoms with Crippen LogP contribution in [0.5, 0.6) is 0 Å². The quantitative estimate of drug-likeness (QED) is 0.142. The summed E-state index contributed by atoms with van der Waals surface area (Å²) in [5, 5.41) is 70.7. The molecule has 11 nitrogen and oxygen atoms in total. The zero-order chi connectivity index (χ0) is 26.0. The van der Waals surface area contributed by atoms with E-state index in [9.17, 15) is 35.7 Å². The van der Waals surface area contributed by atoms with E-state index in [0.29, 0.717) is 6.42 Å². The fourth-order valence-electron chi connectivity index (χ4n) is 4.55. The molecular weight excluding hydrogens is 464 g/mol. The number of rotatable bonds is 15. The van der Waals surface area contributed by atoms with Gasteiger partial charge in [0.2, 0.25) is 0 Å². The number of ether oxygens (including phenoxy) is 4. The molecule has 0 saturated carbocycles. The third kappa shape index (κ3) is 8.54. The SMILES string of the molecule is CCCCCCCCCC(CC)O[C@@H]1OC(CO)[C@@H](O[C@H]2OC(CO)[C@@H](O)C(O)C2O)C(O)C1O. The molecule has 11 atom stereocenters. The van der Waals surface area contributed by atoms with Gasteiger partial charge in [-0.15, -0.1) is 0 Å². The average molecular weight is 511 g/mol. The molecule has 0 aliphatic carbocycles. The van der Waals surface area contributed by atoms with Gasteiger partial charge in [0.15, 0.2) is 12.6 Å². The average Bonchev–Trinajstić information content (AvgIpc) is 2.86. The van der Waals surface area contributed by atoms with Crippen molar-refractivity contribution in [1.82, 2.24) is 0 Å². The predicted octanol–water partition coefficient (Wildman–Crippen LogP) is -0.454. The third-order valence-corrected chi connectivity index (χ3v) is 6.87. The second kappa shape index (κ2) is 15.7. The molecule has 0 bridgehead atoms. The smallest absolute Gasteiger partial charge is 0.187 e. The molecule has 2 aliphatic heterocycles. The van der Waals surface area contributed by atoms with Crippen molar-refractivity contribution in [2.45, 2.75) is 139 Å². The topological polar surface area (TPSA) is 179 Å². The van der Waals surface area contributed by atoms with Crippen LogP contribution in [0.3, 0.4) is 0 Å². The van der Waals surface area contributed by atoms with Crippen LogP contribution in [-0.2, 0) is 18.9 Å². The maximum Gasteiger partial charge on any atom is 0.187 e. The Morgan fingerprint density at radius 3 is 1.83 bits per heavy atom. The normalized spacial score (nSPS) is 39.0. The molecule has 2 rings (SSSR count). The lowest BCUT2D eigenvalue weighted by molar-refractivity contribution is -0.362. The Labute approximate surface area is 207 Å². The fraction of sp³-hybridized carbons (Fsp3) is 1.00. The Hall–Kier alpha value is -0.440. The minimum absolute atomic E-state index is 0.195. The van der Waals surface area contributed by atoms with Crippen molar-refractivity contribution in [1.29, 1.82) is 0 Å². The van der Waals surface area contributed by atoms with Gasteiger partial charge < -0.3 is 54.7 Å². The van der Waals surface area contributed by atoms with Gasteiger partial charge in [-0.05, 0) is 12.8 Å². The minimum atomic E-state index is -1.70. The molecule has 7 unspecified atom stereocenters. The van der Waals surface area contributed by atoms with Crippen molar-refractivity contribution in [3.05, 3.63) is 0 Å². The van der Waals surface area contributed by atoms with E-state index in [1.807, 2.05) is 6.92 Å². The summed E-state index contributed by atoms with van der Waals surface area (Å²) in [6.07, 6.45) is -4.95. The van der Waals surface area contributed by atoms with Crippen molar-refractivity contribution in [3.63, 3.8) is 0 Å². The number of aliphatic hydroxyl groups excluding tert-OH is 7. The molecule has 7 N–H and O–H groups in total.